The first-order valence-electron chi connectivity index (χ1n) is 6.81. The largest absolute Gasteiger partial charge is 0.464 e. The monoisotopic (exact) mass is 246 g/mol. The van der Waals surface area contributed by atoms with Gasteiger partial charge in [-0.2, -0.15) is 7.05 Å². The van der Waals surface area contributed by atoms with Crippen LogP contribution in [0.4, 0.5) is 5.82 Å². The average Bonchev–Trinajstić information content (AvgIpc) is 2.39. The van der Waals surface area contributed by atoms with Gasteiger partial charge in [-0.3, -0.25) is 0 Å². The number of piperazine rings is 1. The molecule has 0 aliphatic carbocycles. The Kier molecular flexibility index (Phi) is 3.22. The molecule has 18 heavy (non-hydrogen) atoms. The first kappa shape index (κ1) is 11.9. The molecule has 1 N–H and O–H groups in total. The van der Waals surface area contributed by atoms with E-state index in [1.165, 1.54) is 16.2 Å². The van der Waals surface area contributed by atoms with Crippen molar-refractivity contribution in [3.63, 3.8) is 0 Å². The highest BCUT2D eigenvalue weighted by molar-refractivity contribution is 5.42. The highest BCUT2D eigenvalue weighted by Gasteiger charge is 2.19. The molecule has 98 valence electrons. The number of hydrogen-bond donors (Lipinski definition) is 1. The quantitative estimate of drug-likeness (QED) is 0.680. The van der Waals surface area contributed by atoms with Crippen LogP contribution in [0.25, 0.3) is 0 Å². The van der Waals surface area contributed by atoms with Crippen molar-refractivity contribution in [1.29, 1.82) is 0 Å². The van der Waals surface area contributed by atoms with Gasteiger partial charge in [0.2, 0.25) is 0 Å². The van der Waals surface area contributed by atoms with Crippen molar-refractivity contribution in [3.05, 3.63) is 30.4 Å². The number of anilines is 1. The molecular weight excluding hydrogens is 224 g/mol. The second-order valence-electron chi connectivity index (χ2n) is 5.49. The van der Waals surface area contributed by atoms with Crippen LogP contribution < -0.4 is 9.80 Å². The topological polar surface area (TPSA) is 23.8 Å². The molecule has 1 aromatic heterocycles. The van der Waals surface area contributed by atoms with E-state index in [9.17, 15) is 0 Å². The molecule has 0 saturated carbocycles. The molecule has 4 heteroatoms. The van der Waals surface area contributed by atoms with Gasteiger partial charge in [-0.05, 0) is 19.2 Å². The molecule has 0 radical (unpaired) electrons. The number of likely N-dealkylation sites (N-methyl/N-ethyl adjacent to an activating group) is 1. The van der Waals surface area contributed by atoms with Gasteiger partial charge in [0, 0.05) is 38.2 Å². The van der Waals surface area contributed by atoms with Gasteiger partial charge in [0.05, 0.1) is 18.8 Å². The fourth-order valence-corrected chi connectivity index (χ4v) is 2.76. The molecule has 0 bridgehead atoms. The van der Waals surface area contributed by atoms with Crippen molar-refractivity contribution >= 4 is 5.82 Å². The lowest BCUT2D eigenvalue weighted by molar-refractivity contribution is -0.870. The van der Waals surface area contributed by atoms with Gasteiger partial charge < -0.3 is 14.7 Å². The van der Waals surface area contributed by atoms with Crippen molar-refractivity contribution in [1.82, 2.24) is 9.88 Å². The lowest BCUT2D eigenvalue weighted by atomic mass is 10.1. The predicted molar refractivity (Wildman–Crippen MR) is 72.5 cm³/mol. The maximum absolute atomic E-state index is 4.86. The molecule has 0 spiro atoms. The summed E-state index contributed by atoms with van der Waals surface area (Å²) in [7, 11) is 6.27. The molecule has 3 heterocycles. The lowest BCUT2D eigenvalue weighted by Crippen LogP contribution is -3.06. The molecule has 0 aromatic carbocycles. The smallest absolute Gasteiger partial charge is 0.128 e. The van der Waals surface area contributed by atoms with E-state index in [0.29, 0.717) is 0 Å². The number of hydrogen-bond acceptors (Lipinski definition) is 3. The molecule has 1 fully saturated rings. The first-order valence-corrected chi connectivity index (χ1v) is 6.81. The van der Waals surface area contributed by atoms with E-state index in [1.807, 2.05) is 0 Å². The van der Waals surface area contributed by atoms with Crippen LogP contribution in [0, 0.1) is 7.05 Å². The zero-order valence-electron chi connectivity index (χ0n) is 11.2. The molecule has 1 saturated heterocycles. The van der Waals surface area contributed by atoms with E-state index in [0.717, 1.165) is 51.5 Å². The summed E-state index contributed by atoms with van der Waals surface area (Å²) in [6.07, 6.45) is 1.07. The van der Waals surface area contributed by atoms with Crippen LogP contribution in [0.3, 0.4) is 0 Å². The molecule has 3 rings (SSSR count). The maximum Gasteiger partial charge on any atom is 0.128 e. The van der Waals surface area contributed by atoms with E-state index in [1.54, 1.807) is 0 Å². The Morgan fingerprint density at radius 2 is 2.00 bits per heavy atom. The van der Waals surface area contributed by atoms with Gasteiger partial charge in [-0.25, -0.2) is 4.98 Å². The second-order valence-corrected chi connectivity index (χ2v) is 5.49. The highest BCUT2D eigenvalue weighted by Crippen LogP contribution is 2.18. The Morgan fingerprint density at radius 3 is 2.78 bits per heavy atom. The first-order chi connectivity index (χ1) is 8.72. The summed E-state index contributed by atoms with van der Waals surface area (Å²) in [6, 6.07) is 4.43. The predicted octanol–water partition coefficient (Wildman–Crippen LogP) is -0.434. The van der Waals surface area contributed by atoms with Crippen molar-refractivity contribution in [3.8, 4) is 0 Å². The standard InChI is InChI=1S/C14H22N4/c1-16-7-9-18(10-8-16)14-4-3-12-11-17(2)6-5-13(12)15-14/h3-4,17H,2,5-11H2,1H3. The van der Waals surface area contributed by atoms with Crippen LogP contribution in [0.15, 0.2) is 12.1 Å². The highest BCUT2D eigenvalue weighted by atomic mass is 15.3. The van der Waals surface area contributed by atoms with Gasteiger partial charge in [0.15, 0.2) is 0 Å². The van der Waals surface area contributed by atoms with E-state index in [4.69, 9.17) is 4.98 Å². The van der Waals surface area contributed by atoms with Gasteiger partial charge >= 0.3 is 0 Å². The summed E-state index contributed by atoms with van der Waals surface area (Å²) in [4.78, 5) is 11.0. The Balaban J connectivity index is 1.78. The molecule has 1 atom stereocenters. The van der Waals surface area contributed by atoms with E-state index in [-0.39, 0.29) is 0 Å². The third kappa shape index (κ3) is 2.35. The summed E-state index contributed by atoms with van der Waals surface area (Å²) >= 11 is 0. The van der Waals surface area contributed by atoms with Crippen LogP contribution in [0.5, 0.6) is 0 Å². The van der Waals surface area contributed by atoms with Crippen molar-refractivity contribution in [2.24, 2.45) is 0 Å². The lowest BCUT2D eigenvalue weighted by Gasteiger charge is -2.34. The van der Waals surface area contributed by atoms with Crippen molar-refractivity contribution < 1.29 is 4.90 Å². The van der Waals surface area contributed by atoms with Crippen molar-refractivity contribution in [2.75, 3.05) is 44.7 Å². The van der Waals surface area contributed by atoms with Crippen LogP contribution in [0.1, 0.15) is 11.3 Å². The number of nitrogens with one attached hydrogen (secondary N) is 1. The number of quaternary nitrogens is 1. The number of pyridine rings is 1. The van der Waals surface area contributed by atoms with Gasteiger partial charge in [0.1, 0.15) is 5.82 Å². The molecule has 0 amide bonds. The zero-order chi connectivity index (χ0) is 12.5. The summed E-state index contributed by atoms with van der Waals surface area (Å²) in [5, 5.41) is 0. The third-order valence-electron chi connectivity index (χ3n) is 4.04. The second kappa shape index (κ2) is 4.86. The van der Waals surface area contributed by atoms with Crippen molar-refractivity contribution in [2.45, 2.75) is 13.0 Å². The summed E-state index contributed by atoms with van der Waals surface area (Å²) < 4.78 is 0. The van der Waals surface area contributed by atoms with Crippen LogP contribution in [-0.4, -0.2) is 49.7 Å². The number of nitrogens with zero attached hydrogens (tertiary/aromatic N) is 3. The Bertz CT molecular complexity index is 424. The van der Waals surface area contributed by atoms with Gasteiger partial charge in [-0.15, -0.1) is 0 Å². The minimum Gasteiger partial charge on any atom is -0.464 e. The minimum atomic E-state index is 1.02. The molecule has 4 nitrogen and oxygen atoms in total. The maximum atomic E-state index is 4.86. The fourth-order valence-electron chi connectivity index (χ4n) is 2.76. The van der Waals surface area contributed by atoms with Gasteiger partial charge in [-0.1, -0.05) is 0 Å². The normalized spacial score (nSPS) is 25.0. The van der Waals surface area contributed by atoms with E-state index >= 15 is 0 Å². The van der Waals surface area contributed by atoms with Gasteiger partial charge in [0.25, 0.3) is 0 Å². The SMILES string of the molecule is [CH2-][NH+]1CCc2nc(N3CCN(C)CC3)ccc2C1. The average molecular weight is 246 g/mol. The Labute approximate surface area is 109 Å². The summed E-state index contributed by atoms with van der Waals surface area (Å²) in [6.45, 7) is 6.58. The Hall–Kier alpha value is -1.13. The zero-order valence-corrected chi connectivity index (χ0v) is 11.2. The molecule has 2 aliphatic heterocycles. The van der Waals surface area contributed by atoms with E-state index < -0.39 is 0 Å². The summed E-state index contributed by atoms with van der Waals surface area (Å²) in [5.74, 6) is 1.16. The molecular formula is C14H22N4. The third-order valence-corrected chi connectivity index (χ3v) is 4.04. The molecule has 1 unspecified atom stereocenters. The number of aromatic nitrogens is 1. The molecule has 1 aromatic rings. The van der Waals surface area contributed by atoms with Crippen LogP contribution in [-0.2, 0) is 13.0 Å². The molecule has 2 aliphatic rings. The minimum absolute atomic E-state index is 1.02. The van der Waals surface area contributed by atoms with Crippen LogP contribution >= 0.6 is 0 Å². The van der Waals surface area contributed by atoms with Crippen LogP contribution in [0.2, 0.25) is 0 Å². The number of fused-ring (bicyclic) bond motifs is 1. The summed E-state index contributed by atoms with van der Waals surface area (Å²) in [5.41, 5.74) is 2.67. The number of rotatable bonds is 1. The van der Waals surface area contributed by atoms with E-state index in [2.05, 4.69) is 36.0 Å². The Morgan fingerprint density at radius 1 is 1.22 bits per heavy atom. The fraction of sp³-hybridized carbons (Fsp3) is 0.571.